The molecular weight excluding hydrogens is 677 g/mol. The summed E-state index contributed by atoms with van der Waals surface area (Å²) < 4.78 is 5.76. The minimum Gasteiger partial charge on any atom is -0.486 e. The summed E-state index contributed by atoms with van der Waals surface area (Å²) >= 11 is 1.48. The maximum Gasteiger partial charge on any atom is 0.307 e. The van der Waals surface area contributed by atoms with Crippen molar-refractivity contribution in [3.63, 3.8) is 0 Å². The molecule has 0 saturated carbocycles. The number of benzene rings is 4. The lowest BCUT2D eigenvalue weighted by molar-refractivity contribution is -0.144. The smallest absolute Gasteiger partial charge is 0.307 e. The Labute approximate surface area is 306 Å². The molecule has 0 aliphatic carbocycles. The number of carbonyl (C=O) groups excluding carboxylic acids is 4. The van der Waals surface area contributed by atoms with E-state index in [1.807, 2.05) is 90.3 Å². The van der Waals surface area contributed by atoms with Gasteiger partial charge in [0.2, 0.25) is 11.8 Å². The van der Waals surface area contributed by atoms with Gasteiger partial charge in [-0.15, -0.1) is 11.3 Å². The highest BCUT2D eigenvalue weighted by molar-refractivity contribution is 7.09. The first-order chi connectivity index (χ1) is 25.2. The van der Waals surface area contributed by atoms with E-state index >= 15 is 0 Å². The Bertz CT molecular complexity index is 2020. The Morgan fingerprint density at radius 2 is 1.44 bits per heavy atom. The Morgan fingerprint density at radius 1 is 0.712 bits per heavy atom. The molecule has 7 rings (SSSR count). The number of carboxylic acids is 1. The molecule has 0 fully saturated rings. The van der Waals surface area contributed by atoms with E-state index in [1.54, 1.807) is 24.3 Å². The van der Waals surface area contributed by atoms with Gasteiger partial charge >= 0.3 is 5.97 Å². The average molecular weight is 717 g/mol. The fourth-order valence-corrected chi connectivity index (χ4v) is 7.41. The Balaban J connectivity index is 1.37. The Hall–Kier alpha value is -5.61. The SMILES string of the molecule is O=C1COc2ccc(cc2)C[C@@H](C(=O)O)CC(=O)[C@H](Cc2ccccc2)NC(=O)[C@@H](Cc2cccc3ccccc23)NC(=O)[C@H](Cc2cccs2)C1. The number of hydrogen-bond donors (Lipinski definition) is 3. The first-order valence-electron chi connectivity index (χ1n) is 17.3. The second-order valence-corrected chi connectivity index (χ2v) is 14.3. The molecule has 266 valence electrons. The number of ether oxygens (including phenoxy) is 1. The van der Waals surface area contributed by atoms with E-state index in [9.17, 15) is 29.1 Å². The molecule has 3 N–H and O–H groups in total. The van der Waals surface area contributed by atoms with E-state index in [0.29, 0.717) is 11.3 Å². The maximum absolute atomic E-state index is 14.4. The van der Waals surface area contributed by atoms with Crippen LogP contribution in [0.15, 0.2) is 115 Å². The highest BCUT2D eigenvalue weighted by Gasteiger charge is 2.33. The molecule has 4 aromatic carbocycles. The molecule has 9 nitrogen and oxygen atoms in total. The second kappa shape index (κ2) is 17.1. The molecule has 3 heterocycles. The maximum atomic E-state index is 14.4. The molecule has 2 aliphatic rings. The van der Waals surface area contributed by atoms with Crippen LogP contribution >= 0.6 is 11.3 Å². The standard InChI is InChI=1S/C42H40N2O7S/c45-33-22-31(23-35-13-7-19-52-35)40(47)44-38(24-30-12-6-11-29-10-4-5-14-36(29)30)41(48)43-37(21-27-8-2-1-3-9-27)39(46)25-32(42(49)50)20-28-15-17-34(18-16-28)51-26-33/h1-19,31-32,37-38H,20-26H2,(H,43,48)(H,44,47)(H,49,50)/t31-,32+,37-,38+/m0/s1. The Kier molecular flexibility index (Phi) is 11.9. The number of rotatable bonds is 7. The summed E-state index contributed by atoms with van der Waals surface area (Å²) in [5, 5.41) is 19.8. The van der Waals surface area contributed by atoms with Gasteiger partial charge in [0.25, 0.3) is 0 Å². The summed E-state index contributed by atoms with van der Waals surface area (Å²) in [5.74, 6) is -4.33. The average Bonchev–Trinajstić information content (AvgIpc) is 3.67. The largest absolute Gasteiger partial charge is 0.486 e. The lowest BCUT2D eigenvalue weighted by atomic mass is 9.90. The third-order valence-corrected chi connectivity index (χ3v) is 10.3. The minimum atomic E-state index is -1.13. The molecule has 5 aromatic rings. The summed E-state index contributed by atoms with van der Waals surface area (Å²) in [5.41, 5.74) is 2.28. The lowest BCUT2D eigenvalue weighted by Crippen LogP contribution is -2.54. The summed E-state index contributed by atoms with van der Waals surface area (Å²) in [7, 11) is 0. The molecule has 10 heteroatoms. The first-order valence-corrected chi connectivity index (χ1v) is 18.2. The van der Waals surface area contributed by atoms with E-state index in [-0.39, 0.29) is 50.9 Å². The Morgan fingerprint density at radius 3 is 2.19 bits per heavy atom. The van der Waals surface area contributed by atoms with E-state index in [2.05, 4.69) is 10.6 Å². The van der Waals surface area contributed by atoms with Gasteiger partial charge in [-0.25, -0.2) is 0 Å². The van der Waals surface area contributed by atoms with Crippen molar-refractivity contribution in [3.05, 3.63) is 136 Å². The monoisotopic (exact) mass is 716 g/mol. The minimum absolute atomic E-state index is 0.0798. The van der Waals surface area contributed by atoms with Gasteiger partial charge in [-0.3, -0.25) is 24.0 Å². The second-order valence-electron chi connectivity index (χ2n) is 13.2. The van der Waals surface area contributed by atoms with E-state index in [1.165, 1.54) is 11.3 Å². The molecule has 0 spiro atoms. The highest BCUT2D eigenvalue weighted by atomic mass is 32.1. The molecule has 4 atom stereocenters. The van der Waals surface area contributed by atoms with Crippen LogP contribution in [-0.2, 0) is 49.7 Å². The third-order valence-electron chi connectivity index (χ3n) is 9.40. The van der Waals surface area contributed by atoms with Gasteiger partial charge in [0.05, 0.1) is 12.0 Å². The highest BCUT2D eigenvalue weighted by Crippen LogP contribution is 2.24. The predicted octanol–water partition coefficient (Wildman–Crippen LogP) is 5.77. The van der Waals surface area contributed by atoms with Crippen LogP contribution < -0.4 is 15.4 Å². The number of aliphatic carboxylic acids is 1. The number of carbonyl (C=O) groups is 5. The van der Waals surface area contributed by atoms with Crippen LogP contribution in [0.2, 0.25) is 0 Å². The van der Waals surface area contributed by atoms with Gasteiger partial charge in [-0.1, -0.05) is 91.0 Å². The molecule has 52 heavy (non-hydrogen) atoms. The number of ketones is 2. The molecule has 2 aliphatic heterocycles. The van der Waals surface area contributed by atoms with Gasteiger partial charge in [0, 0.05) is 30.1 Å². The molecular formula is C42H40N2O7S. The topological polar surface area (TPSA) is 139 Å². The zero-order valence-electron chi connectivity index (χ0n) is 28.5. The third kappa shape index (κ3) is 9.58. The van der Waals surface area contributed by atoms with Crippen LogP contribution in [0.25, 0.3) is 10.8 Å². The summed E-state index contributed by atoms with van der Waals surface area (Å²) in [6.07, 6.45) is 0.186. The fraction of sp³-hybridized carbons (Fsp3) is 0.262. The normalized spacial score (nSPS) is 20.6. The van der Waals surface area contributed by atoms with Crippen molar-refractivity contribution in [1.82, 2.24) is 10.6 Å². The van der Waals surface area contributed by atoms with E-state index in [0.717, 1.165) is 26.8 Å². The first kappa shape index (κ1) is 36.2. The van der Waals surface area contributed by atoms with E-state index in [4.69, 9.17) is 4.74 Å². The number of thiophene rings is 1. The van der Waals surface area contributed by atoms with Crippen LogP contribution in [0, 0.1) is 11.8 Å². The lowest BCUT2D eigenvalue weighted by Gasteiger charge is -2.26. The van der Waals surface area contributed by atoms with Crippen LogP contribution in [0.3, 0.4) is 0 Å². The number of hydrogen-bond acceptors (Lipinski definition) is 7. The van der Waals surface area contributed by atoms with Crippen LogP contribution in [0.4, 0.5) is 0 Å². The quantitative estimate of drug-likeness (QED) is 0.195. The van der Waals surface area contributed by atoms with Crippen molar-refractivity contribution in [2.75, 3.05) is 6.61 Å². The zero-order valence-corrected chi connectivity index (χ0v) is 29.4. The predicted molar refractivity (Wildman–Crippen MR) is 199 cm³/mol. The van der Waals surface area contributed by atoms with Crippen molar-refractivity contribution >= 4 is 51.5 Å². The number of fused-ring (bicyclic) bond motifs is 17. The molecule has 0 saturated heterocycles. The molecule has 1 aromatic heterocycles. The van der Waals surface area contributed by atoms with E-state index < -0.39 is 47.5 Å². The van der Waals surface area contributed by atoms with Gasteiger partial charge in [0.15, 0.2) is 11.6 Å². The number of nitrogens with one attached hydrogen (secondary N) is 2. The van der Waals surface area contributed by atoms with Gasteiger partial charge < -0.3 is 20.5 Å². The van der Waals surface area contributed by atoms with Crippen molar-refractivity contribution in [2.45, 2.75) is 50.6 Å². The van der Waals surface area contributed by atoms with Crippen molar-refractivity contribution < 1.29 is 33.8 Å². The van der Waals surface area contributed by atoms with Gasteiger partial charge in [-0.05, 0) is 70.3 Å². The summed E-state index contributed by atoms with van der Waals surface area (Å²) in [4.78, 5) is 69.2. The zero-order chi connectivity index (χ0) is 36.5. The van der Waals surface area contributed by atoms with Crippen LogP contribution in [0.5, 0.6) is 5.75 Å². The summed E-state index contributed by atoms with van der Waals surface area (Å²) in [6, 6.07) is 31.0. The number of carboxylic acid groups (broad SMARTS) is 1. The molecule has 0 radical (unpaired) electrons. The number of Topliss-reactive ketones (excluding diaryl/α,β-unsaturated/α-hetero) is 2. The molecule has 2 amide bonds. The van der Waals surface area contributed by atoms with Crippen molar-refractivity contribution in [2.24, 2.45) is 11.8 Å². The van der Waals surface area contributed by atoms with Gasteiger partial charge in [-0.2, -0.15) is 0 Å². The molecule has 0 unspecified atom stereocenters. The van der Waals surface area contributed by atoms with Crippen LogP contribution in [-0.4, -0.2) is 53.1 Å². The fourth-order valence-electron chi connectivity index (χ4n) is 6.62. The van der Waals surface area contributed by atoms with Crippen LogP contribution in [0.1, 0.15) is 34.4 Å². The van der Waals surface area contributed by atoms with Crippen molar-refractivity contribution in [3.8, 4) is 5.75 Å². The number of amides is 2. The molecule has 2 bridgehead atoms. The van der Waals surface area contributed by atoms with Crippen molar-refractivity contribution in [1.29, 1.82) is 0 Å². The summed E-state index contributed by atoms with van der Waals surface area (Å²) in [6.45, 7) is -0.263. The van der Waals surface area contributed by atoms with Gasteiger partial charge in [0.1, 0.15) is 18.4 Å².